The Labute approximate surface area is 174 Å². The van der Waals surface area contributed by atoms with E-state index >= 15 is 0 Å². The van der Waals surface area contributed by atoms with Gasteiger partial charge < -0.3 is 18.9 Å². The monoisotopic (exact) mass is 412 g/mol. The lowest BCUT2D eigenvalue weighted by atomic mass is 9.95. The Bertz CT molecular complexity index is 1080. The van der Waals surface area contributed by atoms with Gasteiger partial charge in [0.1, 0.15) is 0 Å². The van der Waals surface area contributed by atoms with Gasteiger partial charge in [-0.05, 0) is 48.1 Å². The molecule has 2 aromatic carbocycles. The predicted molar refractivity (Wildman–Crippen MR) is 111 cm³/mol. The topological polar surface area (TPSA) is 40.8 Å². The van der Waals surface area contributed by atoms with Gasteiger partial charge in [-0.3, -0.25) is 0 Å². The number of unbranched alkanes of at least 4 members (excludes halogenated alkanes) is 1. The molecule has 0 N–H and O–H groups in total. The van der Waals surface area contributed by atoms with Crippen LogP contribution < -0.4 is 23.5 Å². The lowest BCUT2D eigenvalue weighted by Gasteiger charge is -2.18. The van der Waals surface area contributed by atoms with Crippen molar-refractivity contribution in [2.45, 2.75) is 25.8 Å². The van der Waals surface area contributed by atoms with Crippen LogP contribution in [0.3, 0.4) is 0 Å². The van der Waals surface area contributed by atoms with E-state index in [4.69, 9.17) is 30.5 Å². The van der Waals surface area contributed by atoms with Crippen molar-refractivity contribution in [3.05, 3.63) is 42.1 Å². The number of ether oxygens (including phenoxy) is 4. The second-order valence-electron chi connectivity index (χ2n) is 7.31. The molecule has 0 aliphatic carbocycles. The molecule has 0 saturated carbocycles. The van der Waals surface area contributed by atoms with E-state index in [9.17, 15) is 0 Å². The zero-order chi connectivity index (χ0) is 19.8. The summed E-state index contributed by atoms with van der Waals surface area (Å²) in [7, 11) is 1.68. The van der Waals surface area contributed by atoms with Crippen LogP contribution in [0.25, 0.3) is 22.0 Å². The number of hydrogen-bond donors (Lipinski definition) is 0. The number of aromatic nitrogens is 1. The van der Waals surface area contributed by atoms with E-state index in [1.54, 1.807) is 7.11 Å². The SMILES string of the molecule is COc1ccc2cc3[n+](cc2c1OCCCCCl)CCc1cc2c(cc1-3)OCO2. The van der Waals surface area contributed by atoms with Crippen LogP contribution in [0.15, 0.2) is 36.5 Å². The van der Waals surface area contributed by atoms with Crippen molar-refractivity contribution in [2.24, 2.45) is 0 Å². The molecule has 0 atom stereocenters. The molecule has 0 saturated heterocycles. The average Bonchev–Trinajstić information content (AvgIpc) is 3.21. The first-order valence-corrected chi connectivity index (χ1v) is 10.5. The van der Waals surface area contributed by atoms with E-state index in [-0.39, 0.29) is 0 Å². The number of halogens is 1. The molecular weight excluding hydrogens is 390 g/mol. The molecule has 6 heteroatoms. The molecule has 0 unspecified atom stereocenters. The number of methoxy groups -OCH3 is 1. The van der Waals surface area contributed by atoms with Crippen molar-refractivity contribution in [1.29, 1.82) is 0 Å². The van der Waals surface area contributed by atoms with E-state index < -0.39 is 0 Å². The smallest absolute Gasteiger partial charge is 0.231 e. The van der Waals surface area contributed by atoms with Gasteiger partial charge in [-0.25, -0.2) is 0 Å². The van der Waals surface area contributed by atoms with E-state index in [2.05, 4.69) is 35.0 Å². The fourth-order valence-electron chi connectivity index (χ4n) is 4.08. The van der Waals surface area contributed by atoms with Gasteiger partial charge in [0.25, 0.3) is 0 Å². The third kappa shape index (κ3) is 3.23. The number of pyridine rings is 1. The standard InChI is InChI=1S/C23H23ClNO4/c1-26-20-5-4-15-10-19-17-12-22-21(28-14-29-22)11-16(17)6-8-25(19)13-18(15)23(20)27-9-3-2-7-24/h4-5,10-13H,2-3,6-9,14H2,1H3/q+1. The Morgan fingerprint density at radius 1 is 1.10 bits per heavy atom. The molecular formula is C23H23ClNO4+. The maximum Gasteiger partial charge on any atom is 0.231 e. The van der Waals surface area contributed by atoms with Crippen molar-refractivity contribution in [1.82, 2.24) is 0 Å². The number of aryl methyl sites for hydroxylation is 2. The molecule has 2 aliphatic rings. The van der Waals surface area contributed by atoms with Crippen LogP contribution in [0, 0.1) is 0 Å². The maximum atomic E-state index is 6.13. The number of fused-ring (bicyclic) bond motifs is 5. The minimum atomic E-state index is 0.292. The zero-order valence-electron chi connectivity index (χ0n) is 16.4. The molecule has 5 rings (SSSR count). The third-order valence-corrected chi connectivity index (χ3v) is 5.84. The number of benzene rings is 2. The van der Waals surface area contributed by atoms with E-state index in [0.717, 1.165) is 59.6 Å². The average molecular weight is 413 g/mol. The molecule has 5 nitrogen and oxygen atoms in total. The molecule has 0 bridgehead atoms. The number of hydrogen-bond acceptors (Lipinski definition) is 4. The number of rotatable bonds is 6. The summed E-state index contributed by atoms with van der Waals surface area (Å²) in [6.45, 7) is 1.82. The summed E-state index contributed by atoms with van der Waals surface area (Å²) in [6, 6.07) is 10.5. The Morgan fingerprint density at radius 2 is 1.97 bits per heavy atom. The highest BCUT2D eigenvalue weighted by atomic mass is 35.5. The van der Waals surface area contributed by atoms with Crippen molar-refractivity contribution in [3.63, 3.8) is 0 Å². The Hall–Kier alpha value is -2.66. The fraction of sp³-hybridized carbons (Fsp3) is 0.348. The minimum Gasteiger partial charge on any atom is -0.493 e. The van der Waals surface area contributed by atoms with Gasteiger partial charge in [-0.2, -0.15) is 4.57 Å². The van der Waals surface area contributed by atoms with Crippen LogP contribution in [-0.4, -0.2) is 26.4 Å². The fourth-order valence-corrected chi connectivity index (χ4v) is 4.27. The second kappa shape index (κ2) is 7.64. The summed E-state index contributed by atoms with van der Waals surface area (Å²) in [6.07, 6.45) is 4.98. The van der Waals surface area contributed by atoms with Gasteiger partial charge in [0, 0.05) is 18.4 Å². The largest absolute Gasteiger partial charge is 0.493 e. The molecule has 0 spiro atoms. The number of nitrogens with zero attached hydrogens (tertiary/aromatic N) is 1. The molecule has 0 amide bonds. The molecule has 3 aromatic rings. The molecule has 150 valence electrons. The molecule has 3 heterocycles. The van der Waals surface area contributed by atoms with Crippen molar-refractivity contribution < 1.29 is 23.5 Å². The van der Waals surface area contributed by atoms with Crippen molar-refractivity contribution in [2.75, 3.05) is 26.4 Å². The summed E-state index contributed by atoms with van der Waals surface area (Å²) < 4.78 is 25.1. The highest BCUT2D eigenvalue weighted by molar-refractivity contribution is 6.17. The first kappa shape index (κ1) is 18.4. The minimum absolute atomic E-state index is 0.292. The summed E-state index contributed by atoms with van der Waals surface area (Å²) >= 11 is 5.79. The van der Waals surface area contributed by atoms with Gasteiger partial charge in [-0.1, -0.05) is 0 Å². The van der Waals surface area contributed by atoms with E-state index in [1.807, 2.05) is 6.07 Å². The van der Waals surface area contributed by atoms with Crippen LogP contribution in [-0.2, 0) is 13.0 Å². The van der Waals surface area contributed by atoms with Crippen LogP contribution >= 0.6 is 11.6 Å². The quantitative estimate of drug-likeness (QED) is 0.340. The summed E-state index contributed by atoms with van der Waals surface area (Å²) in [4.78, 5) is 0. The van der Waals surface area contributed by atoms with Gasteiger partial charge in [0.15, 0.2) is 35.7 Å². The Kier molecular flexibility index (Phi) is 4.84. The summed E-state index contributed by atoms with van der Waals surface area (Å²) in [5.41, 5.74) is 3.66. The lowest BCUT2D eigenvalue weighted by Crippen LogP contribution is -2.40. The Balaban J connectivity index is 1.59. The molecule has 2 aliphatic heterocycles. The van der Waals surface area contributed by atoms with Crippen LogP contribution in [0.4, 0.5) is 0 Å². The summed E-state index contributed by atoms with van der Waals surface area (Å²) in [5.74, 6) is 3.86. The van der Waals surface area contributed by atoms with E-state index in [1.165, 1.54) is 16.8 Å². The molecule has 1 aromatic heterocycles. The Morgan fingerprint density at radius 3 is 2.79 bits per heavy atom. The van der Waals surface area contributed by atoms with Gasteiger partial charge in [0.05, 0.1) is 24.7 Å². The predicted octanol–water partition coefficient (Wildman–Crippen LogP) is 4.49. The first-order valence-electron chi connectivity index (χ1n) is 9.94. The highest BCUT2D eigenvalue weighted by Crippen LogP contribution is 2.41. The highest BCUT2D eigenvalue weighted by Gasteiger charge is 2.28. The lowest BCUT2D eigenvalue weighted by molar-refractivity contribution is -0.686. The van der Waals surface area contributed by atoms with Gasteiger partial charge >= 0.3 is 0 Å². The summed E-state index contributed by atoms with van der Waals surface area (Å²) in [5, 5.41) is 2.18. The maximum absolute atomic E-state index is 6.13. The van der Waals surface area contributed by atoms with Crippen molar-refractivity contribution >= 4 is 22.4 Å². The first-order chi connectivity index (χ1) is 14.3. The van der Waals surface area contributed by atoms with Gasteiger partial charge in [-0.15, -0.1) is 11.6 Å². The van der Waals surface area contributed by atoms with Crippen LogP contribution in [0.1, 0.15) is 18.4 Å². The molecule has 0 fully saturated rings. The normalized spacial score (nSPS) is 13.9. The second-order valence-corrected chi connectivity index (χ2v) is 7.69. The van der Waals surface area contributed by atoms with Crippen molar-refractivity contribution in [3.8, 4) is 34.3 Å². The molecule has 29 heavy (non-hydrogen) atoms. The number of alkyl halides is 1. The van der Waals surface area contributed by atoms with Crippen LogP contribution in [0.5, 0.6) is 23.0 Å². The molecule has 0 radical (unpaired) electrons. The van der Waals surface area contributed by atoms with Crippen LogP contribution in [0.2, 0.25) is 0 Å². The zero-order valence-corrected chi connectivity index (χ0v) is 17.1. The third-order valence-electron chi connectivity index (χ3n) is 5.57. The van der Waals surface area contributed by atoms with Gasteiger partial charge in [0.2, 0.25) is 12.5 Å². The van der Waals surface area contributed by atoms with E-state index in [0.29, 0.717) is 19.3 Å².